The number of sulfonamides is 1. The Morgan fingerprint density at radius 1 is 0.848 bits per heavy atom. The first kappa shape index (κ1) is 24.3. The van der Waals surface area contributed by atoms with Crippen LogP contribution in [-0.4, -0.2) is 78.1 Å². The third kappa shape index (κ3) is 4.71. The second-order valence-corrected chi connectivity index (χ2v) is 11.9. The number of aromatic nitrogens is 1. The maximum Gasteiger partial charge on any atom is 0.257 e. The SMILES string of the molecule is Cc1[nH]c(C)c(S(=O)(=O)N2CCC(C(=O)N3CCCC[C@H]3C)CC2)c1C(=O)N1CCCCC1. The molecule has 0 unspecified atom stereocenters. The highest BCUT2D eigenvalue weighted by atomic mass is 32.2. The van der Waals surface area contributed by atoms with Crippen molar-refractivity contribution in [3.05, 3.63) is 17.0 Å². The van der Waals surface area contributed by atoms with Gasteiger partial charge in [-0.05, 0) is 72.1 Å². The number of aromatic amines is 1. The number of rotatable bonds is 4. The van der Waals surface area contributed by atoms with Gasteiger partial charge in [0.2, 0.25) is 15.9 Å². The van der Waals surface area contributed by atoms with Gasteiger partial charge in [-0.2, -0.15) is 4.31 Å². The van der Waals surface area contributed by atoms with E-state index in [1.54, 1.807) is 18.7 Å². The first-order chi connectivity index (χ1) is 15.7. The number of amides is 2. The van der Waals surface area contributed by atoms with Gasteiger partial charge in [-0.15, -0.1) is 0 Å². The number of hydrogen-bond acceptors (Lipinski definition) is 4. The highest BCUT2D eigenvalue weighted by Gasteiger charge is 2.39. The van der Waals surface area contributed by atoms with Crippen LogP contribution in [0.5, 0.6) is 0 Å². The largest absolute Gasteiger partial charge is 0.361 e. The molecule has 0 radical (unpaired) electrons. The number of hydrogen-bond donors (Lipinski definition) is 1. The molecule has 0 saturated carbocycles. The van der Waals surface area contributed by atoms with E-state index >= 15 is 0 Å². The van der Waals surface area contributed by atoms with E-state index in [0.29, 0.717) is 50.4 Å². The van der Waals surface area contributed by atoms with E-state index in [1.807, 2.05) is 4.90 Å². The molecule has 4 heterocycles. The van der Waals surface area contributed by atoms with Crippen molar-refractivity contribution in [2.24, 2.45) is 5.92 Å². The lowest BCUT2D eigenvalue weighted by Crippen LogP contribution is -2.48. The maximum absolute atomic E-state index is 13.7. The summed E-state index contributed by atoms with van der Waals surface area (Å²) in [7, 11) is -3.84. The van der Waals surface area contributed by atoms with Gasteiger partial charge in [0.15, 0.2) is 0 Å². The summed E-state index contributed by atoms with van der Waals surface area (Å²) in [5, 5.41) is 0. The molecule has 1 atom stereocenters. The summed E-state index contributed by atoms with van der Waals surface area (Å²) < 4.78 is 28.9. The van der Waals surface area contributed by atoms with Crippen LogP contribution >= 0.6 is 0 Å². The predicted molar refractivity (Wildman–Crippen MR) is 127 cm³/mol. The molecule has 3 saturated heterocycles. The lowest BCUT2D eigenvalue weighted by atomic mass is 9.94. The van der Waals surface area contributed by atoms with Crippen LogP contribution in [0.2, 0.25) is 0 Å². The maximum atomic E-state index is 13.7. The number of carbonyl (C=O) groups excluding carboxylic acids is 2. The average molecular weight is 479 g/mol. The van der Waals surface area contributed by atoms with Crippen molar-refractivity contribution in [2.75, 3.05) is 32.7 Å². The fourth-order valence-corrected chi connectivity index (χ4v) is 7.61. The molecule has 3 aliphatic rings. The fourth-order valence-electron chi connectivity index (χ4n) is 5.73. The van der Waals surface area contributed by atoms with E-state index in [4.69, 9.17) is 0 Å². The van der Waals surface area contributed by atoms with E-state index < -0.39 is 10.0 Å². The van der Waals surface area contributed by atoms with Crippen molar-refractivity contribution >= 4 is 21.8 Å². The first-order valence-electron chi connectivity index (χ1n) is 12.5. The van der Waals surface area contributed by atoms with Crippen LogP contribution in [0.4, 0.5) is 0 Å². The second kappa shape index (κ2) is 9.78. The summed E-state index contributed by atoms with van der Waals surface area (Å²) in [5.41, 5.74) is 1.40. The van der Waals surface area contributed by atoms with E-state index in [-0.39, 0.29) is 34.2 Å². The average Bonchev–Trinajstić information content (AvgIpc) is 3.13. The summed E-state index contributed by atoms with van der Waals surface area (Å²) in [6.45, 7) is 8.37. The quantitative estimate of drug-likeness (QED) is 0.720. The minimum atomic E-state index is -3.84. The second-order valence-electron chi connectivity index (χ2n) is 9.99. The van der Waals surface area contributed by atoms with Crippen molar-refractivity contribution in [3.63, 3.8) is 0 Å². The molecule has 0 aliphatic carbocycles. The Hall–Kier alpha value is -1.87. The van der Waals surface area contributed by atoms with Crippen molar-refractivity contribution in [1.82, 2.24) is 19.1 Å². The lowest BCUT2D eigenvalue weighted by molar-refractivity contribution is -0.140. The Kier molecular flexibility index (Phi) is 7.19. The molecule has 4 rings (SSSR count). The van der Waals surface area contributed by atoms with E-state index in [0.717, 1.165) is 45.1 Å². The van der Waals surface area contributed by atoms with Crippen LogP contribution < -0.4 is 0 Å². The molecule has 33 heavy (non-hydrogen) atoms. The molecule has 9 heteroatoms. The Bertz CT molecular complexity index is 988. The predicted octanol–water partition coefficient (Wildman–Crippen LogP) is 3.06. The summed E-state index contributed by atoms with van der Waals surface area (Å²) in [4.78, 5) is 33.4. The zero-order valence-electron chi connectivity index (χ0n) is 20.2. The van der Waals surface area contributed by atoms with Gasteiger partial charge >= 0.3 is 0 Å². The highest BCUT2D eigenvalue weighted by Crippen LogP contribution is 2.32. The molecule has 0 bridgehead atoms. The molecule has 1 N–H and O–H groups in total. The van der Waals surface area contributed by atoms with Gasteiger partial charge in [0.1, 0.15) is 4.90 Å². The number of likely N-dealkylation sites (tertiary alicyclic amines) is 2. The monoisotopic (exact) mass is 478 g/mol. The van der Waals surface area contributed by atoms with Gasteiger partial charge in [-0.25, -0.2) is 8.42 Å². The number of H-pyrrole nitrogens is 1. The zero-order chi connectivity index (χ0) is 23.8. The molecular weight excluding hydrogens is 440 g/mol. The lowest BCUT2D eigenvalue weighted by Gasteiger charge is -2.38. The minimum absolute atomic E-state index is 0.116. The summed E-state index contributed by atoms with van der Waals surface area (Å²) >= 11 is 0. The zero-order valence-corrected chi connectivity index (χ0v) is 21.0. The number of piperidine rings is 3. The van der Waals surface area contributed by atoms with Crippen LogP contribution in [0.3, 0.4) is 0 Å². The Morgan fingerprint density at radius 2 is 1.48 bits per heavy atom. The standard InChI is InChI=1S/C24H38N4O4S/c1-17-9-5-8-14-28(17)23(29)20-10-15-27(16-11-20)33(31,32)22-19(3)25-18(2)21(22)24(30)26-12-6-4-7-13-26/h17,20,25H,4-16H2,1-3H3/t17-/m1/s1. The van der Waals surface area contributed by atoms with E-state index in [2.05, 4.69) is 11.9 Å². The molecular formula is C24H38N4O4S. The molecule has 184 valence electrons. The van der Waals surface area contributed by atoms with Crippen LogP contribution in [0.15, 0.2) is 4.90 Å². The molecule has 1 aromatic heterocycles. The van der Waals surface area contributed by atoms with E-state index in [9.17, 15) is 18.0 Å². The van der Waals surface area contributed by atoms with Crippen LogP contribution in [0.25, 0.3) is 0 Å². The van der Waals surface area contributed by atoms with Crippen molar-refractivity contribution in [1.29, 1.82) is 0 Å². The first-order valence-corrected chi connectivity index (χ1v) is 13.9. The van der Waals surface area contributed by atoms with Crippen LogP contribution in [0.1, 0.15) is 80.0 Å². The fraction of sp³-hybridized carbons (Fsp3) is 0.750. The number of carbonyl (C=O) groups is 2. The molecule has 1 aromatic rings. The third-order valence-electron chi connectivity index (χ3n) is 7.66. The van der Waals surface area contributed by atoms with Crippen LogP contribution in [0, 0.1) is 19.8 Å². The summed E-state index contributed by atoms with van der Waals surface area (Å²) in [6.07, 6.45) is 7.31. The van der Waals surface area contributed by atoms with Gasteiger partial charge < -0.3 is 14.8 Å². The smallest absolute Gasteiger partial charge is 0.257 e. The molecule has 8 nitrogen and oxygen atoms in total. The van der Waals surface area contributed by atoms with Crippen LogP contribution in [-0.2, 0) is 14.8 Å². The molecule has 0 spiro atoms. The molecule has 3 fully saturated rings. The third-order valence-corrected chi connectivity index (χ3v) is 9.73. The van der Waals surface area contributed by atoms with E-state index in [1.165, 1.54) is 4.31 Å². The summed E-state index contributed by atoms with van der Waals surface area (Å²) in [6, 6.07) is 0.266. The molecule has 0 aromatic carbocycles. The highest BCUT2D eigenvalue weighted by molar-refractivity contribution is 7.89. The van der Waals surface area contributed by atoms with Gasteiger partial charge in [0.05, 0.1) is 5.56 Å². The Morgan fingerprint density at radius 3 is 2.12 bits per heavy atom. The van der Waals surface area contributed by atoms with Gasteiger partial charge in [0.25, 0.3) is 5.91 Å². The normalized spacial score (nSPS) is 23.7. The van der Waals surface area contributed by atoms with Crippen molar-refractivity contribution in [2.45, 2.75) is 83.1 Å². The molecule has 2 amide bonds. The summed E-state index contributed by atoms with van der Waals surface area (Å²) in [5.74, 6) is -0.145. The van der Waals surface area contributed by atoms with Gasteiger partial charge in [-0.1, -0.05) is 0 Å². The van der Waals surface area contributed by atoms with Gasteiger partial charge in [0, 0.05) is 56.1 Å². The Labute approximate surface area is 197 Å². The minimum Gasteiger partial charge on any atom is -0.361 e. The van der Waals surface area contributed by atoms with Crippen molar-refractivity contribution in [3.8, 4) is 0 Å². The number of aryl methyl sites for hydroxylation is 2. The van der Waals surface area contributed by atoms with Gasteiger partial charge in [-0.3, -0.25) is 9.59 Å². The molecule has 3 aliphatic heterocycles. The number of nitrogens with one attached hydrogen (secondary N) is 1. The number of nitrogens with zero attached hydrogens (tertiary/aromatic N) is 3. The Balaban J connectivity index is 1.50. The van der Waals surface area contributed by atoms with Crippen molar-refractivity contribution < 1.29 is 18.0 Å². The topological polar surface area (TPSA) is 93.8 Å².